The van der Waals surface area contributed by atoms with Crippen molar-refractivity contribution in [3.05, 3.63) is 0 Å². The molecule has 0 amide bonds. The molecular formula is C7H11F5O4S. The molecule has 0 aromatic carbocycles. The van der Waals surface area contributed by atoms with Crippen LogP contribution in [0.3, 0.4) is 0 Å². The van der Waals surface area contributed by atoms with Crippen LogP contribution in [-0.2, 0) is 14.9 Å². The second kappa shape index (κ2) is 5.02. The van der Waals surface area contributed by atoms with E-state index in [0.29, 0.717) is 0 Å². The Labute approximate surface area is 94.5 Å². The zero-order valence-electron chi connectivity index (χ0n) is 8.83. The van der Waals surface area contributed by atoms with Gasteiger partial charge in [0, 0.05) is 0 Å². The highest BCUT2D eigenvalue weighted by Gasteiger charge is 2.64. The van der Waals surface area contributed by atoms with Crippen LogP contribution in [0.15, 0.2) is 0 Å². The summed E-state index contributed by atoms with van der Waals surface area (Å²) < 4.78 is 95.1. The van der Waals surface area contributed by atoms with Crippen molar-refractivity contribution in [1.82, 2.24) is 0 Å². The summed E-state index contributed by atoms with van der Waals surface area (Å²) in [5.74, 6) is 0. The van der Waals surface area contributed by atoms with Gasteiger partial charge in [-0.1, -0.05) is 6.92 Å². The molecule has 17 heavy (non-hydrogen) atoms. The highest BCUT2D eigenvalue weighted by Crippen LogP contribution is 2.38. The third-order valence-corrected chi connectivity index (χ3v) is 2.79. The SMILES string of the molecule is CCC(C)OC(C(F)(F)F)C(F)(F)S(=O)(=O)O. The second-order valence-corrected chi connectivity index (χ2v) is 4.81. The van der Waals surface area contributed by atoms with Gasteiger partial charge in [0.25, 0.3) is 0 Å². The standard InChI is InChI=1S/C7H11F5O4S/c1-3-4(2)16-5(6(8,9)10)7(11,12)17(13,14)15/h4-5H,3H2,1-2H3,(H,13,14,15). The van der Waals surface area contributed by atoms with E-state index in [4.69, 9.17) is 4.55 Å². The molecule has 104 valence electrons. The van der Waals surface area contributed by atoms with E-state index in [0.717, 1.165) is 6.92 Å². The summed E-state index contributed by atoms with van der Waals surface area (Å²) in [6, 6.07) is 0. The molecule has 0 heterocycles. The van der Waals surface area contributed by atoms with Crippen LogP contribution in [0, 0.1) is 0 Å². The summed E-state index contributed by atoms with van der Waals surface area (Å²) in [5, 5.41) is -5.45. The maximum absolute atomic E-state index is 12.9. The Bertz CT molecular complexity index is 350. The molecule has 2 atom stereocenters. The van der Waals surface area contributed by atoms with E-state index >= 15 is 0 Å². The number of hydrogen-bond acceptors (Lipinski definition) is 3. The highest BCUT2D eigenvalue weighted by molar-refractivity contribution is 7.86. The van der Waals surface area contributed by atoms with Crippen LogP contribution in [0.2, 0.25) is 0 Å². The van der Waals surface area contributed by atoms with E-state index < -0.39 is 33.8 Å². The summed E-state index contributed by atoms with van der Waals surface area (Å²) in [4.78, 5) is 0. The van der Waals surface area contributed by atoms with Crippen molar-refractivity contribution in [2.75, 3.05) is 0 Å². The largest absolute Gasteiger partial charge is 0.421 e. The molecule has 0 saturated carbocycles. The van der Waals surface area contributed by atoms with Gasteiger partial charge in [0.1, 0.15) is 0 Å². The zero-order chi connectivity index (χ0) is 14.1. The Hall–Kier alpha value is -0.480. The normalized spacial score (nSPS) is 17.9. The first-order valence-electron chi connectivity index (χ1n) is 4.41. The summed E-state index contributed by atoms with van der Waals surface area (Å²) in [5.41, 5.74) is 0. The lowest BCUT2D eigenvalue weighted by Gasteiger charge is -2.28. The monoisotopic (exact) mass is 286 g/mol. The first-order chi connectivity index (χ1) is 7.34. The molecule has 0 aromatic rings. The predicted molar refractivity (Wildman–Crippen MR) is 47.2 cm³/mol. The van der Waals surface area contributed by atoms with Gasteiger partial charge in [-0.05, 0) is 13.3 Å². The summed E-state index contributed by atoms with van der Waals surface area (Å²) in [6.45, 7) is 2.43. The molecule has 10 heteroatoms. The van der Waals surface area contributed by atoms with Crippen LogP contribution in [0.1, 0.15) is 20.3 Å². The number of ether oxygens (including phenoxy) is 1. The summed E-state index contributed by atoms with van der Waals surface area (Å²) in [6.07, 6.45) is -10.8. The smallest absolute Gasteiger partial charge is 0.359 e. The fourth-order valence-corrected chi connectivity index (χ4v) is 1.27. The molecule has 0 bridgehead atoms. The Morgan fingerprint density at radius 1 is 1.24 bits per heavy atom. The highest BCUT2D eigenvalue weighted by atomic mass is 32.2. The first-order valence-corrected chi connectivity index (χ1v) is 5.85. The van der Waals surface area contributed by atoms with Crippen LogP contribution in [0.25, 0.3) is 0 Å². The van der Waals surface area contributed by atoms with Crippen molar-refractivity contribution in [2.45, 2.75) is 43.9 Å². The van der Waals surface area contributed by atoms with Gasteiger partial charge in [0.05, 0.1) is 6.10 Å². The second-order valence-electron chi connectivity index (χ2n) is 3.31. The van der Waals surface area contributed by atoms with Crippen molar-refractivity contribution >= 4 is 10.1 Å². The molecule has 0 saturated heterocycles. The average molecular weight is 286 g/mol. The number of alkyl halides is 5. The Morgan fingerprint density at radius 2 is 1.65 bits per heavy atom. The molecular weight excluding hydrogens is 275 g/mol. The van der Waals surface area contributed by atoms with E-state index in [2.05, 4.69) is 4.74 Å². The molecule has 0 aliphatic rings. The number of halogens is 5. The van der Waals surface area contributed by atoms with E-state index in [9.17, 15) is 30.4 Å². The molecule has 4 nitrogen and oxygen atoms in total. The molecule has 0 aliphatic heterocycles. The van der Waals surface area contributed by atoms with Gasteiger partial charge in [-0.25, -0.2) is 0 Å². The van der Waals surface area contributed by atoms with Gasteiger partial charge in [0.15, 0.2) is 0 Å². The van der Waals surface area contributed by atoms with E-state index in [1.54, 1.807) is 0 Å². The van der Waals surface area contributed by atoms with Gasteiger partial charge in [0.2, 0.25) is 6.10 Å². The van der Waals surface area contributed by atoms with Gasteiger partial charge >= 0.3 is 21.5 Å². The zero-order valence-corrected chi connectivity index (χ0v) is 9.65. The first kappa shape index (κ1) is 16.5. The Balaban J connectivity index is 5.35. The van der Waals surface area contributed by atoms with Crippen LogP contribution in [0.4, 0.5) is 22.0 Å². The van der Waals surface area contributed by atoms with Crippen molar-refractivity contribution in [3.8, 4) is 0 Å². The van der Waals surface area contributed by atoms with Crippen LogP contribution in [0.5, 0.6) is 0 Å². The predicted octanol–water partition coefficient (Wildman–Crippen LogP) is 2.21. The third kappa shape index (κ3) is 4.03. The molecule has 1 N–H and O–H groups in total. The van der Waals surface area contributed by atoms with Crippen molar-refractivity contribution in [2.24, 2.45) is 0 Å². The lowest BCUT2D eigenvalue weighted by atomic mass is 10.3. The van der Waals surface area contributed by atoms with Crippen LogP contribution in [-0.4, -0.2) is 36.6 Å². The van der Waals surface area contributed by atoms with Gasteiger partial charge < -0.3 is 4.74 Å². The van der Waals surface area contributed by atoms with Gasteiger partial charge in [-0.15, -0.1) is 0 Å². The lowest BCUT2D eigenvalue weighted by molar-refractivity contribution is -0.274. The van der Waals surface area contributed by atoms with Gasteiger partial charge in [-0.2, -0.15) is 30.4 Å². The van der Waals surface area contributed by atoms with E-state index in [-0.39, 0.29) is 6.42 Å². The molecule has 0 aliphatic carbocycles. The minimum Gasteiger partial charge on any atom is -0.359 e. The maximum atomic E-state index is 12.9. The van der Waals surface area contributed by atoms with E-state index in [1.807, 2.05) is 0 Å². The molecule has 0 rings (SSSR count). The third-order valence-electron chi connectivity index (χ3n) is 1.89. The Kier molecular flexibility index (Phi) is 4.88. The summed E-state index contributed by atoms with van der Waals surface area (Å²) in [7, 11) is -6.22. The molecule has 2 unspecified atom stereocenters. The number of hydrogen-bond donors (Lipinski definition) is 1. The quantitative estimate of drug-likeness (QED) is 0.621. The van der Waals surface area contributed by atoms with Crippen LogP contribution < -0.4 is 0 Å². The molecule has 0 radical (unpaired) electrons. The minimum atomic E-state index is -6.22. The van der Waals surface area contributed by atoms with Crippen molar-refractivity contribution in [3.63, 3.8) is 0 Å². The van der Waals surface area contributed by atoms with Crippen molar-refractivity contribution in [1.29, 1.82) is 0 Å². The van der Waals surface area contributed by atoms with E-state index in [1.165, 1.54) is 6.92 Å². The topological polar surface area (TPSA) is 63.6 Å². The maximum Gasteiger partial charge on any atom is 0.421 e. The fraction of sp³-hybridized carbons (Fsp3) is 1.00. The Morgan fingerprint density at radius 3 is 1.88 bits per heavy atom. The lowest BCUT2D eigenvalue weighted by Crippen LogP contribution is -2.52. The van der Waals surface area contributed by atoms with Crippen LogP contribution >= 0.6 is 0 Å². The molecule has 0 fully saturated rings. The summed E-state index contributed by atoms with van der Waals surface area (Å²) >= 11 is 0. The minimum absolute atomic E-state index is 0.0336. The van der Waals surface area contributed by atoms with Gasteiger partial charge in [-0.3, -0.25) is 4.55 Å². The average Bonchev–Trinajstić information content (AvgIpc) is 2.09. The molecule has 0 aromatic heterocycles. The fourth-order valence-electron chi connectivity index (χ4n) is 0.811. The number of rotatable bonds is 5. The molecule has 0 spiro atoms. The van der Waals surface area contributed by atoms with Crippen molar-refractivity contribution < 1.29 is 39.7 Å².